The van der Waals surface area contributed by atoms with Gasteiger partial charge in [0, 0.05) is 0 Å². The van der Waals surface area contributed by atoms with Crippen LogP contribution >= 0.6 is 0 Å². The number of halogens is 3. The first kappa shape index (κ1) is 34.7. The third kappa shape index (κ3) is 11.7. The standard InChI is InChI=1S/C36H43F3O5/c1-3-5-7-9-10-12-26-42-31-22-18-28(19-23-31)27-14-16-29(17-15-27)34(40)43-32-24-20-30(21-25-32)35(41)44-33(36(37,38)39)13-11-8-6-4-2/h14-25,33H,3-13,26H2,1-2H3/t33-/m0/s1. The van der Waals surface area contributed by atoms with Crippen molar-refractivity contribution in [3.8, 4) is 22.6 Å². The zero-order chi connectivity index (χ0) is 31.8. The number of hydrogen-bond donors (Lipinski definition) is 0. The quantitative estimate of drug-likeness (QED) is 0.0813. The van der Waals surface area contributed by atoms with Gasteiger partial charge in [-0.2, -0.15) is 13.2 Å². The van der Waals surface area contributed by atoms with Gasteiger partial charge in [-0.15, -0.1) is 0 Å². The van der Waals surface area contributed by atoms with Crippen LogP contribution in [0, 0.1) is 0 Å². The molecule has 8 heteroatoms. The summed E-state index contributed by atoms with van der Waals surface area (Å²) in [7, 11) is 0. The molecule has 0 saturated heterocycles. The summed E-state index contributed by atoms with van der Waals surface area (Å²) in [5.41, 5.74) is 2.17. The van der Waals surface area contributed by atoms with Gasteiger partial charge in [-0.25, -0.2) is 9.59 Å². The van der Waals surface area contributed by atoms with E-state index >= 15 is 0 Å². The topological polar surface area (TPSA) is 61.8 Å². The molecule has 44 heavy (non-hydrogen) atoms. The average Bonchev–Trinajstić information content (AvgIpc) is 3.02. The first-order chi connectivity index (χ1) is 21.2. The van der Waals surface area contributed by atoms with E-state index in [2.05, 4.69) is 6.92 Å². The molecule has 238 valence electrons. The summed E-state index contributed by atoms with van der Waals surface area (Å²) < 4.78 is 56.1. The maximum Gasteiger partial charge on any atom is 0.425 e. The zero-order valence-electron chi connectivity index (χ0n) is 25.7. The molecule has 0 fully saturated rings. The Morgan fingerprint density at radius 3 is 1.68 bits per heavy atom. The number of unbranched alkanes of at least 4 members (excludes halogenated alkanes) is 8. The lowest BCUT2D eigenvalue weighted by molar-refractivity contribution is -0.206. The molecular formula is C36H43F3O5. The van der Waals surface area contributed by atoms with Gasteiger partial charge in [-0.3, -0.25) is 0 Å². The number of benzene rings is 3. The largest absolute Gasteiger partial charge is 0.494 e. The van der Waals surface area contributed by atoms with Crippen LogP contribution in [0.2, 0.25) is 0 Å². The van der Waals surface area contributed by atoms with Crippen LogP contribution in [0.1, 0.15) is 105 Å². The molecule has 0 aliphatic rings. The van der Waals surface area contributed by atoms with E-state index in [0.717, 1.165) is 36.1 Å². The van der Waals surface area contributed by atoms with E-state index in [1.54, 1.807) is 12.1 Å². The van der Waals surface area contributed by atoms with E-state index in [-0.39, 0.29) is 17.7 Å². The molecule has 0 aromatic heterocycles. The Kier molecular flexibility index (Phi) is 14.3. The van der Waals surface area contributed by atoms with Crippen LogP contribution in [-0.4, -0.2) is 30.8 Å². The molecule has 0 heterocycles. The summed E-state index contributed by atoms with van der Waals surface area (Å²) in [6, 6.07) is 20.0. The molecule has 0 aliphatic carbocycles. The summed E-state index contributed by atoms with van der Waals surface area (Å²) in [5.74, 6) is -0.702. The number of alkyl halides is 3. The fraction of sp³-hybridized carbons (Fsp3) is 0.444. The maximum atomic E-state index is 13.4. The van der Waals surface area contributed by atoms with Gasteiger partial charge in [0.1, 0.15) is 11.5 Å². The molecule has 5 nitrogen and oxygen atoms in total. The van der Waals surface area contributed by atoms with Gasteiger partial charge in [-0.1, -0.05) is 89.5 Å². The highest BCUT2D eigenvalue weighted by Gasteiger charge is 2.42. The predicted molar refractivity (Wildman–Crippen MR) is 166 cm³/mol. The molecule has 0 unspecified atom stereocenters. The number of carbonyl (C=O) groups is 2. The Morgan fingerprint density at radius 1 is 0.614 bits per heavy atom. The van der Waals surface area contributed by atoms with E-state index in [0.29, 0.717) is 25.0 Å². The lowest BCUT2D eigenvalue weighted by Gasteiger charge is -2.20. The molecule has 3 rings (SSSR count). The summed E-state index contributed by atoms with van der Waals surface area (Å²) in [4.78, 5) is 25.0. The van der Waals surface area contributed by atoms with Gasteiger partial charge >= 0.3 is 18.1 Å². The minimum absolute atomic E-state index is 0.0595. The summed E-state index contributed by atoms with van der Waals surface area (Å²) in [5, 5.41) is 0. The van der Waals surface area contributed by atoms with Crippen molar-refractivity contribution in [2.24, 2.45) is 0 Å². The number of hydrogen-bond acceptors (Lipinski definition) is 5. The lowest BCUT2D eigenvalue weighted by atomic mass is 10.0. The Balaban J connectivity index is 1.49. The van der Waals surface area contributed by atoms with Crippen molar-refractivity contribution in [1.82, 2.24) is 0 Å². The van der Waals surface area contributed by atoms with Crippen molar-refractivity contribution in [1.29, 1.82) is 0 Å². The van der Waals surface area contributed by atoms with Crippen LogP contribution in [0.4, 0.5) is 13.2 Å². The number of esters is 2. The molecule has 0 saturated carbocycles. The van der Waals surface area contributed by atoms with Crippen molar-refractivity contribution in [2.75, 3.05) is 6.61 Å². The van der Waals surface area contributed by atoms with E-state index in [9.17, 15) is 22.8 Å². The second-order valence-corrected chi connectivity index (χ2v) is 10.9. The Hall–Kier alpha value is -3.81. The SMILES string of the molecule is CCCCCCCCOc1ccc(-c2ccc(C(=O)Oc3ccc(C(=O)O[C@@H](CCCCCC)C(F)(F)F)cc3)cc2)cc1. The van der Waals surface area contributed by atoms with Crippen LogP contribution in [0.25, 0.3) is 11.1 Å². The molecule has 3 aromatic carbocycles. The van der Waals surface area contributed by atoms with Crippen molar-refractivity contribution in [3.63, 3.8) is 0 Å². The second-order valence-electron chi connectivity index (χ2n) is 10.9. The molecule has 0 spiro atoms. The monoisotopic (exact) mass is 612 g/mol. The smallest absolute Gasteiger partial charge is 0.425 e. The third-order valence-electron chi connectivity index (χ3n) is 7.31. The number of ether oxygens (including phenoxy) is 3. The van der Waals surface area contributed by atoms with Gasteiger partial charge in [0.2, 0.25) is 0 Å². The van der Waals surface area contributed by atoms with Crippen LogP contribution in [-0.2, 0) is 4.74 Å². The first-order valence-electron chi connectivity index (χ1n) is 15.6. The van der Waals surface area contributed by atoms with Crippen LogP contribution < -0.4 is 9.47 Å². The minimum atomic E-state index is -4.64. The van der Waals surface area contributed by atoms with Gasteiger partial charge in [0.05, 0.1) is 17.7 Å². The van der Waals surface area contributed by atoms with Crippen LogP contribution in [0.3, 0.4) is 0 Å². The Bertz CT molecular complexity index is 1270. The van der Waals surface area contributed by atoms with E-state index in [1.807, 2.05) is 43.3 Å². The predicted octanol–water partition coefficient (Wildman–Crippen LogP) is 10.4. The molecule has 3 aromatic rings. The van der Waals surface area contributed by atoms with Crippen molar-refractivity contribution >= 4 is 11.9 Å². The molecule has 0 bridgehead atoms. The van der Waals surface area contributed by atoms with Crippen molar-refractivity contribution in [3.05, 3.63) is 83.9 Å². The first-order valence-corrected chi connectivity index (χ1v) is 15.6. The summed E-state index contributed by atoms with van der Waals surface area (Å²) >= 11 is 0. The Labute approximate surface area is 258 Å². The fourth-order valence-corrected chi connectivity index (χ4v) is 4.68. The molecular weight excluding hydrogens is 569 g/mol. The van der Waals surface area contributed by atoms with Gasteiger partial charge in [0.15, 0.2) is 6.10 Å². The summed E-state index contributed by atoms with van der Waals surface area (Å²) in [6.45, 7) is 4.88. The van der Waals surface area contributed by atoms with E-state index in [4.69, 9.17) is 14.2 Å². The number of rotatable bonds is 18. The third-order valence-corrected chi connectivity index (χ3v) is 7.31. The van der Waals surface area contributed by atoms with Crippen molar-refractivity contribution < 1.29 is 37.0 Å². The molecule has 0 aliphatic heterocycles. The highest BCUT2D eigenvalue weighted by atomic mass is 19.4. The van der Waals surface area contributed by atoms with Gasteiger partial charge in [0.25, 0.3) is 0 Å². The van der Waals surface area contributed by atoms with Crippen LogP contribution in [0.5, 0.6) is 11.5 Å². The lowest BCUT2D eigenvalue weighted by Crippen LogP contribution is -2.33. The highest BCUT2D eigenvalue weighted by molar-refractivity contribution is 5.92. The van der Waals surface area contributed by atoms with Gasteiger partial charge < -0.3 is 14.2 Å². The zero-order valence-corrected chi connectivity index (χ0v) is 25.7. The normalized spacial score (nSPS) is 12.0. The van der Waals surface area contributed by atoms with Crippen LogP contribution in [0.15, 0.2) is 72.8 Å². The fourth-order valence-electron chi connectivity index (χ4n) is 4.68. The van der Waals surface area contributed by atoms with E-state index < -0.39 is 24.2 Å². The Morgan fingerprint density at radius 2 is 1.09 bits per heavy atom. The number of carbonyl (C=O) groups excluding carboxylic acids is 2. The highest BCUT2D eigenvalue weighted by Crippen LogP contribution is 2.29. The van der Waals surface area contributed by atoms with Crippen molar-refractivity contribution in [2.45, 2.75) is 96.8 Å². The van der Waals surface area contributed by atoms with Gasteiger partial charge in [-0.05, 0) is 78.9 Å². The molecule has 0 N–H and O–H groups in total. The second kappa shape index (κ2) is 18.1. The summed E-state index contributed by atoms with van der Waals surface area (Å²) in [6.07, 6.45) is 2.89. The maximum absolute atomic E-state index is 13.4. The molecule has 0 amide bonds. The molecule has 0 radical (unpaired) electrons. The molecule has 1 atom stereocenters. The average molecular weight is 613 g/mol. The van der Waals surface area contributed by atoms with E-state index in [1.165, 1.54) is 56.4 Å². The minimum Gasteiger partial charge on any atom is -0.494 e.